The molecule has 2 fully saturated rings. The molecule has 7 nitrogen and oxygen atoms in total. The number of imidazole rings is 1. The van der Waals surface area contributed by atoms with Crippen LogP contribution in [0.1, 0.15) is 18.8 Å². The smallest absolute Gasteiger partial charge is 0.237 e. The molecule has 0 radical (unpaired) electrons. The third kappa shape index (κ3) is 5.31. The molecule has 1 aromatic rings. The van der Waals surface area contributed by atoms with Gasteiger partial charge in [-0.3, -0.25) is 9.69 Å². The van der Waals surface area contributed by atoms with E-state index in [2.05, 4.69) is 27.0 Å². The molecule has 1 unspecified atom stereocenters. The largest absolute Gasteiger partial charge is 0.336 e. The van der Waals surface area contributed by atoms with Crippen molar-refractivity contribution in [3.8, 4) is 0 Å². The minimum absolute atomic E-state index is 0. The van der Waals surface area contributed by atoms with Gasteiger partial charge < -0.3 is 19.7 Å². The Balaban J connectivity index is 0.00000156. The maximum atomic E-state index is 12.8. The highest BCUT2D eigenvalue weighted by molar-refractivity contribution is 5.85. The molecule has 144 valence electrons. The van der Waals surface area contributed by atoms with Gasteiger partial charge in [0, 0.05) is 65.3 Å². The summed E-state index contributed by atoms with van der Waals surface area (Å²) in [5.74, 6) is 1.19. The van der Waals surface area contributed by atoms with Crippen molar-refractivity contribution in [3.05, 3.63) is 18.2 Å². The number of nitrogens with zero attached hydrogens (tertiary/aromatic N) is 5. The first-order valence-electron chi connectivity index (χ1n) is 8.61. The predicted octanol–water partition coefficient (Wildman–Crippen LogP) is 0.374. The first-order valence-corrected chi connectivity index (χ1v) is 8.61. The lowest BCUT2D eigenvalue weighted by Gasteiger charge is -2.38. The Kier molecular flexibility index (Phi) is 9.16. The van der Waals surface area contributed by atoms with E-state index in [-0.39, 0.29) is 36.8 Å². The molecule has 0 saturated carbocycles. The van der Waals surface area contributed by atoms with E-state index < -0.39 is 0 Å². The molecule has 3 heterocycles. The number of carbonyl (C=O) groups excluding carboxylic acids is 1. The van der Waals surface area contributed by atoms with Gasteiger partial charge in [-0.2, -0.15) is 0 Å². The van der Waals surface area contributed by atoms with Crippen molar-refractivity contribution in [3.63, 3.8) is 0 Å². The van der Waals surface area contributed by atoms with E-state index in [0.717, 1.165) is 58.2 Å². The zero-order valence-electron chi connectivity index (χ0n) is 15.1. The fourth-order valence-electron chi connectivity index (χ4n) is 3.48. The topological polar surface area (TPSA) is 56.6 Å². The maximum Gasteiger partial charge on any atom is 0.237 e. The number of halogens is 2. The second kappa shape index (κ2) is 10.3. The highest BCUT2D eigenvalue weighted by atomic mass is 35.5. The van der Waals surface area contributed by atoms with E-state index in [1.807, 2.05) is 22.7 Å². The van der Waals surface area contributed by atoms with Crippen LogP contribution in [0.2, 0.25) is 0 Å². The summed E-state index contributed by atoms with van der Waals surface area (Å²) < 4.78 is 2.01. The summed E-state index contributed by atoms with van der Waals surface area (Å²) in [6.07, 6.45) is 3.74. The molecule has 1 aromatic heterocycles. The van der Waals surface area contributed by atoms with Crippen LogP contribution in [0.4, 0.5) is 0 Å². The molecule has 25 heavy (non-hydrogen) atoms. The van der Waals surface area contributed by atoms with E-state index in [1.54, 1.807) is 6.20 Å². The van der Waals surface area contributed by atoms with E-state index in [4.69, 9.17) is 0 Å². The Morgan fingerprint density at radius 1 is 1.20 bits per heavy atom. The van der Waals surface area contributed by atoms with Crippen molar-refractivity contribution >= 4 is 30.7 Å². The number of nitrogens with one attached hydrogen (secondary N) is 1. The van der Waals surface area contributed by atoms with Crippen LogP contribution in [0.15, 0.2) is 12.4 Å². The van der Waals surface area contributed by atoms with Crippen LogP contribution < -0.4 is 5.32 Å². The minimum Gasteiger partial charge on any atom is -0.336 e. The number of aryl methyl sites for hydroxylation is 1. The molecular formula is C16H30Cl2N6O. The second-order valence-corrected chi connectivity index (χ2v) is 6.41. The molecule has 2 aliphatic heterocycles. The zero-order valence-corrected chi connectivity index (χ0v) is 16.7. The van der Waals surface area contributed by atoms with Crippen molar-refractivity contribution in [2.75, 3.05) is 58.9 Å². The number of aromatic nitrogens is 2. The fourth-order valence-corrected chi connectivity index (χ4v) is 3.48. The van der Waals surface area contributed by atoms with Crippen molar-refractivity contribution in [1.29, 1.82) is 0 Å². The van der Waals surface area contributed by atoms with Crippen LogP contribution in [0.25, 0.3) is 0 Å². The molecule has 0 spiro atoms. The summed E-state index contributed by atoms with van der Waals surface area (Å²) in [5.41, 5.74) is 0. The van der Waals surface area contributed by atoms with Crippen LogP contribution in [0, 0.1) is 0 Å². The molecule has 9 heteroatoms. The number of rotatable bonds is 4. The molecule has 2 saturated heterocycles. The van der Waals surface area contributed by atoms with Crippen LogP contribution >= 0.6 is 24.8 Å². The van der Waals surface area contributed by atoms with Crippen molar-refractivity contribution in [2.24, 2.45) is 7.05 Å². The summed E-state index contributed by atoms with van der Waals surface area (Å²) in [7, 11) is 1.99. The van der Waals surface area contributed by atoms with Gasteiger partial charge in [0.15, 0.2) is 0 Å². The van der Waals surface area contributed by atoms with Gasteiger partial charge in [0.2, 0.25) is 5.91 Å². The second-order valence-electron chi connectivity index (χ2n) is 6.41. The Morgan fingerprint density at radius 3 is 2.48 bits per heavy atom. The normalized spacial score (nSPS) is 22.2. The molecule has 1 N–H and O–H groups in total. The molecule has 2 aliphatic rings. The van der Waals surface area contributed by atoms with Gasteiger partial charge in [-0.05, 0) is 6.54 Å². The Hall–Kier alpha value is -0.860. The Bertz CT molecular complexity index is 532. The summed E-state index contributed by atoms with van der Waals surface area (Å²) >= 11 is 0. The number of hydrogen-bond donors (Lipinski definition) is 1. The average molecular weight is 393 g/mol. The summed E-state index contributed by atoms with van der Waals surface area (Å²) in [6.45, 7) is 10.3. The lowest BCUT2D eigenvalue weighted by molar-refractivity contribution is -0.136. The standard InChI is InChI=1S/C16H28N6O.2ClH/c1-3-20-8-10-21(11-9-20)13-15(23)22-7-4-17-12-14(22)16-18-5-6-19(16)2;;/h5-6,14,17H,3-4,7-13H2,1-2H3;2*1H. The van der Waals surface area contributed by atoms with Crippen LogP contribution in [0.5, 0.6) is 0 Å². The lowest BCUT2D eigenvalue weighted by atomic mass is 10.1. The SMILES string of the molecule is CCN1CCN(CC(=O)N2CCNCC2c2nccn2C)CC1.Cl.Cl. The lowest BCUT2D eigenvalue weighted by Crippen LogP contribution is -2.54. The van der Waals surface area contributed by atoms with Gasteiger partial charge in [-0.15, -0.1) is 24.8 Å². The first-order chi connectivity index (χ1) is 11.2. The highest BCUT2D eigenvalue weighted by Crippen LogP contribution is 2.20. The van der Waals surface area contributed by atoms with Gasteiger partial charge >= 0.3 is 0 Å². The quantitative estimate of drug-likeness (QED) is 0.802. The minimum atomic E-state index is 0. The van der Waals surface area contributed by atoms with Crippen molar-refractivity contribution in [2.45, 2.75) is 13.0 Å². The molecule has 3 rings (SSSR count). The van der Waals surface area contributed by atoms with E-state index in [1.165, 1.54) is 0 Å². The van der Waals surface area contributed by atoms with E-state index >= 15 is 0 Å². The van der Waals surface area contributed by atoms with E-state index in [0.29, 0.717) is 6.54 Å². The van der Waals surface area contributed by atoms with Crippen LogP contribution in [-0.2, 0) is 11.8 Å². The summed E-state index contributed by atoms with van der Waals surface area (Å²) in [6, 6.07) is 0.0354. The average Bonchev–Trinajstić information content (AvgIpc) is 3.01. The Labute approximate surface area is 162 Å². The van der Waals surface area contributed by atoms with Gasteiger partial charge in [-0.25, -0.2) is 4.98 Å². The van der Waals surface area contributed by atoms with Gasteiger partial charge in [0.05, 0.1) is 6.54 Å². The van der Waals surface area contributed by atoms with Gasteiger partial charge in [0.25, 0.3) is 0 Å². The molecule has 0 aromatic carbocycles. The maximum absolute atomic E-state index is 12.8. The van der Waals surface area contributed by atoms with Gasteiger partial charge in [0.1, 0.15) is 11.9 Å². The summed E-state index contributed by atoms with van der Waals surface area (Å²) in [4.78, 5) is 24.0. The molecule has 0 aliphatic carbocycles. The summed E-state index contributed by atoms with van der Waals surface area (Å²) in [5, 5.41) is 3.38. The molecular weight excluding hydrogens is 363 g/mol. The molecule has 1 amide bonds. The molecule has 0 bridgehead atoms. The first kappa shape index (κ1) is 22.2. The van der Waals surface area contributed by atoms with Crippen LogP contribution in [-0.4, -0.2) is 89.1 Å². The third-order valence-corrected chi connectivity index (χ3v) is 4.99. The number of hydrogen-bond acceptors (Lipinski definition) is 5. The fraction of sp³-hybridized carbons (Fsp3) is 0.750. The number of piperazine rings is 2. The van der Waals surface area contributed by atoms with E-state index in [9.17, 15) is 4.79 Å². The monoisotopic (exact) mass is 392 g/mol. The number of likely N-dealkylation sites (N-methyl/N-ethyl adjacent to an activating group) is 1. The third-order valence-electron chi connectivity index (χ3n) is 4.99. The number of amides is 1. The molecule has 1 atom stereocenters. The Morgan fingerprint density at radius 2 is 1.88 bits per heavy atom. The predicted molar refractivity (Wildman–Crippen MR) is 104 cm³/mol. The van der Waals surface area contributed by atoms with Gasteiger partial charge in [-0.1, -0.05) is 6.92 Å². The highest BCUT2D eigenvalue weighted by Gasteiger charge is 2.31. The van der Waals surface area contributed by atoms with Crippen LogP contribution in [0.3, 0.4) is 0 Å². The van der Waals surface area contributed by atoms with Crippen molar-refractivity contribution < 1.29 is 4.79 Å². The van der Waals surface area contributed by atoms with Crippen molar-refractivity contribution in [1.82, 2.24) is 29.6 Å². The number of carbonyl (C=O) groups is 1. The zero-order chi connectivity index (χ0) is 16.2.